The molecule has 6 amide bonds. The molecule has 0 spiro atoms. The van der Waals surface area contributed by atoms with Crippen molar-refractivity contribution in [2.45, 2.75) is 56.8 Å². The van der Waals surface area contributed by atoms with Gasteiger partial charge < -0.3 is 31.1 Å². The number of alkyl halides is 3. The highest BCUT2D eigenvalue weighted by Crippen LogP contribution is 2.24. The van der Waals surface area contributed by atoms with Crippen LogP contribution in [0.25, 0.3) is 0 Å². The van der Waals surface area contributed by atoms with Gasteiger partial charge in [-0.25, -0.2) is 0 Å². The molecule has 0 saturated carbocycles. The minimum Gasteiger partial charge on any atom is -0.481 e. The summed E-state index contributed by atoms with van der Waals surface area (Å²) in [4.78, 5) is 84.2. The number of halogens is 3. The molecule has 15 nitrogen and oxygen atoms in total. The number of nitrogens with one attached hydrogen (secondary N) is 5. The molecule has 0 radical (unpaired) electrons. The lowest BCUT2D eigenvalue weighted by atomic mass is 10.1. The normalized spacial score (nSPS) is 13.9. The van der Waals surface area contributed by atoms with Gasteiger partial charge in [-0.15, -0.1) is 0 Å². The number of imide groups is 1. The maximum atomic E-state index is 13.5. The molecule has 6 N–H and O–H groups in total. The molecular weight excluding hydrogens is 645 g/mol. The zero-order valence-corrected chi connectivity index (χ0v) is 26.0. The van der Waals surface area contributed by atoms with Crippen LogP contribution in [0, 0.1) is 0 Å². The van der Waals surface area contributed by atoms with Gasteiger partial charge in [-0.3, -0.25) is 43.8 Å². The molecule has 1 aliphatic heterocycles. The first kappa shape index (κ1) is 39.3. The van der Waals surface area contributed by atoms with Gasteiger partial charge in [0.2, 0.25) is 23.6 Å². The van der Waals surface area contributed by atoms with E-state index in [2.05, 4.69) is 26.6 Å². The minimum atomic E-state index is -4.66. The number of carbonyl (C=O) groups is 7. The molecule has 0 saturated heterocycles. The van der Waals surface area contributed by atoms with E-state index in [4.69, 9.17) is 9.84 Å². The molecule has 0 bridgehead atoms. The molecule has 18 heteroatoms. The Hall–Kier alpha value is -4.84. The third kappa shape index (κ3) is 15.6. The number of hydrogen-bond acceptors (Lipinski definition) is 9. The van der Waals surface area contributed by atoms with Gasteiger partial charge in [-0.2, -0.15) is 13.2 Å². The number of hydrogen-bond donors (Lipinski definition) is 6. The van der Waals surface area contributed by atoms with Crippen molar-refractivity contribution in [1.29, 1.82) is 0 Å². The first-order valence-electron chi connectivity index (χ1n) is 15.0. The van der Waals surface area contributed by atoms with Crippen molar-refractivity contribution in [3.63, 3.8) is 0 Å². The maximum absolute atomic E-state index is 13.5. The third-order valence-electron chi connectivity index (χ3n) is 6.81. The van der Waals surface area contributed by atoms with E-state index in [9.17, 15) is 46.7 Å². The van der Waals surface area contributed by atoms with Gasteiger partial charge in [0.05, 0.1) is 32.7 Å². The summed E-state index contributed by atoms with van der Waals surface area (Å²) in [5, 5.41) is 20.1. The molecule has 48 heavy (non-hydrogen) atoms. The SMILES string of the molecule is O=C(O)CCOCNC(=O)CNC(=O)C(Cc1ccccc1)NC(=O)CNC(=O)CNC(CCCCCN1C(=O)C=CC1=O)C(F)(F)F. The summed E-state index contributed by atoms with van der Waals surface area (Å²) in [6, 6.07) is 5.37. The molecule has 264 valence electrons. The van der Waals surface area contributed by atoms with Crippen LogP contribution in [0.2, 0.25) is 0 Å². The highest BCUT2D eigenvalue weighted by molar-refractivity contribution is 6.12. The Kier molecular flexibility index (Phi) is 16.7. The minimum absolute atomic E-state index is 0.0165. The fraction of sp³-hybridized carbons (Fsp3) is 0.500. The van der Waals surface area contributed by atoms with Crippen molar-refractivity contribution >= 4 is 41.4 Å². The molecule has 1 aliphatic rings. The van der Waals surface area contributed by atoms with Crippen molar-refractivity contribution in [2.75, 3.05) is 39.5 Å². The van der Waals surface area contributed by atoms with Crippen LogP contribution in [0.1, 0.15) is 37.7 Å². The van der Waals surface area contributed by atoms with Gasteiger partial charge in [-0.05, 0) is 18.4 Å². The Morgan fingerprint density at radius 2 is 1.48 bits per heavy atom. The van der Waals surface area contributed by atoms with Gasteiger partial charge in [0.1, 0.15) is 18.8 Å². The van der Waals surface area contributed by atoms with E-state index in [1.54, 1.807) is 30.3 Å². The predicted molar refractivity (Wildman–Crippen MR) is 161 cm³/mol. The first-order valence-corrected chi connectivity index (χ1v) is 15.0. The van der Waals surface area contributed by atoms with Crippen LogP contribution < -0.4 is 26.6 Å². The van der Waals surface area contributed by atoms with E-state index in [1.165, 1.54) is 0 Å². The summed E-state index contributed by atoms with van der Waals surface area (Å²) in [7, 11) is 0. The number of carboxylic acid groups (broad SMARTS) is 1. The first-order chi connectivity index (χ1) is 22.8. The Labute approximate surface area is 274 Å². The highest BCUT2D eigenvalue weighted by Gasteiger charge is 2.39. The molecular formula is C30H39F3N6O9. The summed E-state index contributed by atoms with van der Waals surface area (Å²) < 4.78 is 45.5. The Morgan fingerprint density at radius 3 is 2.12 bits per heavy atom. The lowest BCUT2D eigenvalue weighted by molar-refractivity contribution is -0.158. The van der Waals surface area contributed by atoms with E-state index < -0.39 is 79.3 Å². The Morgan fingerprint density at radius 1 is 0.833 bits per heavy atom. The summed E-state index contributed by atoms with van der Waals surface area (Å²) in [6.45, 7) is -2.20. The topological polar surface area (TPSA) is 212 Å². The number of nitrogens with zero attached hydrogens (tertiary/aromatic N) is 1. The standard InChI is InChI=1S/C30H39F3N6O9/c31-30(32,33)22(9-5-2-6-13-39-26(43)10-11-27(39)44)34-16-23(40)35-18-25(42)38-21(15-20-7-3-1-4-8-20)29(47)36-17-24(41)37-19-48-14-12-28(45)46/h1,3-4,7-8,10-11,21-22,34H,2,5-6,9,12-19H2,(H,35,40)(H,36,47)(H,37,41)(H,38,42)(H,45,46). The average Bonchev–Trinajstić information content (AvgIpc) is 3.35. The Bertz CT molecular complexity index is 1290. The molecule has 1 aromatic carbocycles. The molecule has 2 unspecified atom stereocenters. The van der Waals surface area contributed by atoms with Gasteiger partial charge in [0, 0.05) is 25.1 Å². The number of ether oxygens (including phenoxy) is 1. The van der Waals surface area contributed by atoms with Crippen molar-refractivity contribution in [3.05, 3.63) is 48.0 Å². The monoisotopic (exact) mass is 684 g/mol. The predicted octanol–water partition coefficient (Wildman–Crippen LogP) is -0.483. The molecule has 0 aromatic heterocycles. The number of amides is 6. The smallest absolute Gasteiger partial charge is 0.403 e. The van der Waals surface area contributed by atoms with Crippen LogP contribution in [-0.4, -0.2) is 109 Å². The lowest BCUT2D eigenvalue weighted by Gasteiger charge is -2.22. The second-order valence-corrected chi connectivity index (χ2v) is 10.6. The van der Waals surface area contributed by atoms with E-state index in [-0.39, 0.29) is 45.6 Å². The average molecular weight is 685 g/mol. The maximum Gasteiger partial charge on any atom is 0.403 e. The van der Waals surface area contributed by atoms with Crippen LogP contribution >= 0.6 is 0 Å². The van der Waals surface area contributed by atoms with Crippen LogP contribution in [0.15, 0.2) is 42.5 Å². The van der Waals surface area contributed by atoms with E-state index >= 15 is 0 Å². The number of unbranched alkanes of at least 4 members (excludes halogenated alkanes) is 2. The largest absolute Gasteiger partial charge is 0.481 e. The van der Waals surface area contributed by atoms with Crippen molar-refractivity contribution < 1.29 is 56.6 Å². The Balaban J connectivity index is 1.78. The van der Waals surface area contributed by atoms with Crippen LogP contribution in [-0.2, 0) is 44.7 Å². The second kappa shape index (κ2) is 20.4. The highest BCUT2D eigenvalue weighted by atomic mass is 19.4. The van der Waals surface area contributed by atoms with Crippen molar-refractivity contribution in [1.82, 2.24) is 31.5 Å². The van der Waals surface area contributed by atoms with Gasteiger partial charge in [0.25, 0.3) is 11.8 Å². The quantitative estimate of drug-likeness (QED) is 0.0525. The second-order valence-electron chi connectivity index (χ2n) is 10.6. The molecule has 2 rings (SSSR count). The summed E-state index contributed by atoms with van der Waals surface area (Å²) >= 11 is 0. The molecule has 1 heterocycles. The number of carboxylic acids is 1. The van der Waals surface area contributed by atoms with Gasteiger partial charge >= 0.3 is 12.1 Å². The van der Waals surface area contributed by atoms with E-state index in [0.29, 0.717) is 18.4 Å². The van der Waals surface area contributed by atoms with Crippen molar-refractivity contribution in [3.8, 4) is 0 Å². The zero-order valence-electron chi connectivity index (χ0n) is 26.0. The van der Waals surface area contributed by atoms with E-state index in [0.717, 1.165) is 17.1 Å². The van der Waals surface area contributed by atoms with Gasteiger partial charge in [0.15, 0.2) is 0 Å². The fourth-order valence-electron chi connectivity index (χ4n) is 4.31. The van der Waals surface area contributed by atoms with E-state index in [1.807, 2.05) is 0 Å². The van der Waals surface area contributed by atoms with Crippen molar-refractivity contribution in [2.24, 2.45) is 0 Å². The van der Waals surface area contributed by atoms with Gasteiger partial charge in [-0.1, -0.05) is 43.2 Å². The summed E-state index contributed by atoms with van der Waals surface area (Å²) in [5.41, 5.74) is 0.663. The molecule has 0 aliphatic carbocycles. The number of rotatable bonds is 22. The number of carbonyl (C=O) groups excluding carboxylic acids is 6. The molecule has 1 aromatic rings. The van der Waals surface area contributed by atoms with Crippen LogP contribution in [0.4, 0.5) is 13.2 Å². The molecule has 0 fully saturated rings. The molecule has 2 atom stereocenters. The van der Waals surface area contributed by atoms with Crippen LogP contribution in [0.3, 0.4) is 0 Å². The summed E-state index contributed by atoms with van der Waals surface area (Å²) in [5.74, 6) is -5.10. The van der Waals surface area contributed by atoms with Crippen LogP contribution in [0.5, 0.6) is 0 Å². The summed E-state index contributed by atoms with van der Waals surface area (Å²) in [6.07, 6.45) is -2.27. The number of aliphatic carboxylic acids is 1. The number of benzene rings is 1. The zero-order chi connectivity index (χ0) is 35.5. The lowest BCUT2D eigenvalue weighted by Crippen LogP contribution is -2.52. The third-order valence-corrected chi connectivity index (χ3v) is 6.81. The fourth-order valence-corrected chi connectivity index (χ4v) is 4.31.